The zero-order chi connectivity index (χ0) is 13.6. The highest BCUT2D eigenvalue weighted by atomic mass is 15.1. The van der Waals surface area contributed by atoms with Crippen molar-refractivity contribution in [3.05, 3.63) is 0 Å². The molecule has 0 atom stereocenters. The summed E-state index contributed by atoms with van der Waals surface area (Å²) in [6.45, 7) is 5.16. The van der Waals surface area contributed by atoms with Gasteiger partial charge in [-0.3, -0.25) is 0 Å². The molecule has 8 N–H and O–H groups in total. The van der Waals surface area contributed by atoms with Gasteiger partial charge in [0.1, 0.15) is 0 Å². The van der Waals surface area contributed by atoms with Crippen molar-refractivity contribution >= 4 is 0 Å². The average Bonchev–Trinajstić information content (AvgIpc) is 2.40. The number of hydrogen-bond acceptors (Lipinski definition) is 5. The third-order valence-corrected chi connectivity index (χ3v) is 3.30. The minimum absolute atomic E-state index is 0.593. The Morgan fingerprint density at radius 2 is 1.00 bits per heavy atom. The van der Waals surface area contributed by atoms with E-state index in [1.807, 2.05) is 0 Å². The summed E-state index contributed by atoms with van der Waals surface area (Å²) in [5.74, 6) is 0. The first-order valence-corrected chi connectivity index (χ1v) is 7.34. The molecule has 110 valence electrons. The lowest BCUT2D eigenvalue weighted by atomic mass is 10.0. The van der Waals surface area contributed by atoms with Crippen LogP contribution in [0.2, 0.25) is 0 Å². The van der Waals surface area contributed by atoms with Crippen molar-refractivity contribution in [3.63, 3.8) is 0 Å². The molecule has 0 aliphatic carbocycles. The SMILES string of the molecule is NCCCC(CCCN)N(CCCN)CCCN. The van der Waals surface area contributed by atoms with Crippen molar-refractivity contribution in [3.8, 4) is 0 Å². The van der Waals surface area contributed by atoms with Crippen LogP contribution in [0.25, 0.3) is 0 Å². The van der Waals surface area contributed by atoms with E-state index in [0.717, 1.165) is 77.8 Å². The van der Waals surface area contributed by atoms with E-state index < -0.39 is 0 Å². The summed E-state index contributed by atoms with van der Waals surface area (Å²) in [6, 6.07) is 0.593. The molecule has 0 bridgehead atoms. The maximum Gasteiger partial charge on any atom is 0.00962 e. The van der Waals surface area contributed by atoms with Gasteiger partial charge in [-0.2, -0.15) is 0 Å². The second-order valence-corrected chi connectivity index (χ2v) is 4.84. The molecular weight excluding hydrogens is 226 g/mol. The molecule has 0 aromatic carbocycles. The van der Waals surface area contributed by atoms with E-state index in [1.165, 1.54) is 0 Å². The molecule has 0 aliphatic rings. The summed E-state index contributed by atoms with van der Waals surface area (Å²) in [5.41, 5.74) is 22.5. The second-order valence-electron chi connectivity index (χ2n) is 4.84. The fourth-order valence-electron chi connectivity index (χ4n) is 2.28. The Bertz CT molecular complexity index is 131. The molecule has 0 fully saturated rings. The minimum Gasteiger partial charge on any atom is -0.330 e. The molecule has 5 nitrogen and oxygen atoms in total. The Hall–Kier alpha value is -0.200. The zero-order valence-corrected chi connectivity index (χ0v) is 11.8. The molecule has 0 rings (SSSR count). The van der Waals surface area contributed by atoms with Crippen LogP contribution in [0.3, 0.4) is 0 Å². The van der Waals surface area contributed by atoms with Gasteiger partial charge in [0.25, 0.3) is 0 Å². The Kier molecular flexibility index (Phi) is 13.1. The fourth-order valence-corrected chi connectivity index (χ4v) is 2.28. The molecule has 18 heavy (non-hydrogen) atoms. The van der Waals surface area contributed by atoms with Gasteiger partial charge in [-0.05, 0) is 77.8 Å². The van der Waals surface area contributed by atoms with Crippen molar-refractivity contribution < 1.29 is 0 Å². The van der Waals surface area contributed by atoms with E-state index in [0.29, 0.717) is 6.04 Å². The molecule has 0 aromatic rings. The smallest absolute Gasteiger partial charge is 0.00962 e. The van der Waals surface area contributed by atoms with Crippen molar-refractivity contribution in [1.29, 1.82) is 0 Å². The van der Waals surface area contributed by atoms with Crippen LogP contribution in [0.5, 0.6) is 0 Å². The summed E-state index contributed by atoms with van der Waals surface area (Å²) in [4.78, 5) is 2.53. The van der Waals surface area contributed by atoms with Crippen molar-refractivity contribution in [2.75, 3.05) is 39.3 Å². The summed E-state index contributed by atoms with van der Waals surface area (Å²) in [7, 11) is 0. The van der Waals surface area contributed by atoms with E-state index in [1.54, 1.807) is 0 Å². The Labute approximate surface area is 112 Å². The maximum absolute atomic E-state index is 5.62. The molecule has 0 saturated heterocycles. The number of rotatable bonds is 13. The van der Waals surface area contributed by atoms with Crippen LogP contribution in [-0.2, 0) is 0 Å². The molecule has 5 heteroatoms. The number of nitrogens with zero attached hydrogens (tertiary/aromatic N) is 1. The first-order valence-electron chi connectivity index (χ1n) is 7.34. The highest BCUT2D eigenvalue weighted by Gasteiger charge is 2.16. The first-order chi connectivity index (χ1) is 8.79. The van der Waals surface area contributed by atoms with Crippen molar-refractivity contribution in [2.24, 2.45) is 22.9 Å². The molecule has 0 amide bonds. The minimum atomic E-state index is 0.593. The summed E-state index contributed by atoms with van der Waals surface area (Å²) in [6.07, 6.45) is 6.57. The van der Waals surface area contributed by atoms with Crippen LogP contribution in [0.1, 0.15) is 38.5 Å². The fraction of sp³-hybridized carbons (Fsp3) is 1.00. The molecule has 0 spiro atoms. The molecule has 0 saturated carbocycles. The lowest BCUT2D eigenvalue weighted by molar-refractivity contribution is 0.171. The quantitative estimate of drug-likeness (QED) is 0.367. The lowest BCUT2D eigenvalue weighted by Gasteiger charge is -2.32. The van der Waals surface area contributed by atoms with Gasteiger partial charge in [0.15, 0.2) is 0 Å². The van der Waals surface area contributed by atoms with E-state index >= 15 is 0 Å². The van der Waals surface area contributed by atoms with E-state index in [2.05, 4.69) is 4.90 Å². The Morgan fingerprint density at radius 1 is 0.611 bits per heavy atom. The normalized spacial score (nSPS) is 11.7. The van der Waals surface area contributed by atoms with Gasteiger partial charge in [0, 0.05) is 6.04 Å². The molecule has 0 heterocycles. The van der Waals surface area contributed by atoms with Crippen molar-refractivity contribution in [2.45, 2.75) is 44.6 Å². The van der Waals surface area contributed by atoms with Crippen LogP contribution in [0.15, 0.2) is 0 Å². The van der Waals surface area contributed by atoms with Crippen LogP contribution < -0.4 is 22.9 Å². The highest BCUT2D eigenvalue weighted by Crippen LogP contribution is 2.14. The zero-order valence-electron chi connectivity index (χ0n) is 11.8. The molecule has 0 aliphatic heterocycles. The van der Waals surface area contributed by atoms with Gasteiger partial charge in [0.2, 0.25) is 0 Å². The third-order valence-electron chi connectivity index (χ3n) is 3.30. The van der Waals surface area contributed by atoms with Gasteiger partial charge >= 0.3 is 0 Å². The van der Waals surface area contributed by atoms with E-state index in [-0.39, 0.29) is 0 Å². The van der Waals surface area contributed by atoms with Gasteiger partial charge < -0.3 is 27.8 Å². The van der Waals surface area contributed by atoms with Crippen LogP contribution in [0.4, 0.5) is 0 Å². The molecule has 0 radical (unpaired) electrons. The first kappa shape index (κ1) is 17.8. The van der Waals surface area contributed by atoms with Gasteiger partial charge in [-0.1, -0.05) is 0 Å². The van der Waals surface area contributed by atoms with E-state index in [9.17, 15) is 0 Å². The van der Waals surface area contributed by atoms with Crippen molar-refractivity contribution in [1.82, 2.24) is 4.90 Å². The van der Waals surface area contributed by atoms with E-state index in [4.69, 9.17) is 22.9 Å². The summed E-state index contributed by atoms with van der Waals surface area (Å²) < 4.78 is 0. The maximum atomic E-state index is 5.62. The van der Waals surface area contributed by atoms with Crippen LogP contribution >= 0.6 is 0 Å². The lowest BCUT2D eigenvalue weighted by Crippen LogP contribution is -2.39. The molecular formula is C13H33N5. The van der Waals surface area contributed by atoms with Crippen LogP contribution in [0, 0.1) is 0 Å². The third kappa shape index (κ3) is 8.83. The standard InChI is InChI=1S/C13H33N5/c14-7-1-5-13(6-2-8-15)18(11-3-9-16)12-4-10-17/h13H,1-12,14-17H2. The number of hydrogen-bond donors (Lipinski definition) is 4. The summed E-state index contributed by atoms with van der Waals surface area (Å²) >= 11 is 0. The molecule has 0 aromatic heterocycles. The monoisotopic (exact) mass is 259 g/mol. The highest BCUT2D eigenvalue weighted by molar-refractivity contribution is 4.73. The Morgan fingerprint density at radius 3 is 1.33 bits per heavy atom. The van der Waals surface area contributed by atoms with Crippen LogP contribution in [-0.4, -0.2) is 50.2 Å². The predicted molar refractivity (Wildman–Crippen MR) is 79.3 cm³/mol. The molecule has 0 unspecified atom stereocenters. The summed E-state index contributed by atoms with van der Waals surface area (Å²) in [5, 5.41) is 0. The largest absolute Gasteiger partial charge is 0.330 e. The predicted octanol–water partition coefficient (Wildman–Crippen LogP) is -0.168. The average molecular weight is 259 g/mol. The second kappa shape index (κ2) is 13.2. The van der Waals surface area contributed by atoms with Gasteiger partial charge in [0.05, 0.1) is 0 Å². The Balaban J connectivity index is 4.27. The van der Waals surface area contributed by atoms with Gasteiger partial charge in [-0.15, -0.1) is 0 Å². The topological polar surface area (TPSA) is 107 Å². The number of nitrogens with two attached hydrogens (primary N) is 4. The van der Waals surface area contributed by atoms with Gasteiger partial charge in [-0.25, -0.2) is 0 Å².